The predicted octanol–water partition coefficient (Wildman–Crippen LogP) is -3.85. The lowest BCUT2D eigenvalue weighted by Gasteiger charge is -2.32. The third-order valence-corrected chi connectivity index (χ3v) is 9.32. The topological polar surface area (TPSA) is 369 Å². The summed E-state index contributed by atoms with van der Waals surface area (Å²) in [5, 5.41) is 43.2. The van der Waals surface area contributed by atoms with Crippen molar-refractivity contribution in [2.75, 3.05) is 18.9 Å². The predicted molar refractivity (Wildman–Crippen MR) is 214 cm³/mol. The number of rotatable bonds is 23. The number of aliphatic carboxylic acids is 1. The van der Waals surface area contributed by atoms with E-state index in [9.17, 15) is 53.7 Å². The summed E-state index contributed by atoms with van der Waals surface area (Å²) in [6.45, 7) is 1.69. The molecule has 22 nitrogen and oxygen atoms in total. The molecule has 1 aromatic carbocycles. The number of nitrogens with two attached hydrogens (primary N) is 3. The zero-order valence-corrected chi connectivity index (χ0v) is 33.7. The van der Waals surface area contributed by atoms with Crippen molar-refractivity contribution in [2.24, 2.45) is 22.2 Å². The summed E-state index contributed by atoms with van der Waals surface area (Å²) in [6.07, 6.45) is 0.943. The van der Waals surface area contributed by atoms with Crippen molar-refractivity contribution in [3.63, 3.8) is 0 Å². The maximum atomic E-state index is 13.8. The molecule has 1 aromatic rings. The number of benzene rings is 1. The highest BCUT2D eigenvalue weighted by molar-refractivity contribution is 7.81. The molecular weight excluding hydrogens is 797 g/mol. The SMILES string of the molecule is C[C@H](N)C(=O)N[C@@H](CC(=O)O[C@@H]1CCCC[C@H]1NC(=O)CS)C(=O)N[C@@H](C)C(=O)N[C@@H](CCCN=C(N)N)C(=O)N[C@@H](Cc1ccc(O)cc1)C(=O)N[C@@H](CO)C(=O)O. The van der Waals surface area contributed by atoms with E-state index in [0.717, 1.165) is 12.8 Å². The Bertz CT molecular complexity index is 1660. The van der Waals surface area contributed by atoms with E-state index in [1.165, 1.54) is 38.1 Å². The molecule has 0 radical (unpaired) electrons. The third kappa shape index (κ3) is 17.8. The van der Waals surface area contributed by atoms with Crippen LogP contribution in [0.2, 0.25) is 0 Å². The first-order valence-electron chi connectivity index (χ1n) is 18.9. The highest BCUT2D eigenvalue weighted by Crippen LogP contribution is 2.22. The van der Waals surface area contributed by atoms with Crippen LogP contribution in [0.4, 0.5) is 0 Å². The minimum absolute atomic E-state index is 0.0305. The van der Waals surface area contributed by atoms with Gasteiger partial charge in [0.1, 0.15) is 42.1 Å². The number of carbonyl (C=O) groups is 8. The van der Waals surface area contributed by atoms with E-state index in [-0.39, 0.29) is 49.2 Å². The first-order chi connectivity index (χ1) is 27.8. The summed E-state index contributed by atoms with van der Waals surface area (Å²) >= 11 is 3.96. The molecule has 0 aromatic heterocycles. The molecule has 0 aliphatic heterocycles. The van der Waals surface area contributed by atoms with E-state index in [1.807, 2.05) is 0 Å². The number of aliphatic hydroxyl groups is 1. The average Bonchev–Trinajstić information content (AvgIpc) is 3.18. The van der Waals surface area contributed by atoms with E-state index < -0.39 is 103 Å². The van der Waals surface area contributed by atoms with E-state index >= 15 is 0 Å². The number of aromatic hydroxyl groups is 1. The number of esters is 1. The number of nitrogens with zero attached hydrogens (tertiary/aromatic N) is 1. The van der Waals surface area contributed by atoms with Crippen LogP contribution in [0.15, 0.2) is 29.3 Å². The average molecular weight is 853 g/mol. The molecule has 1 saturated carbocycles. The Balaban J connectivity index is 2.27. The van der Waals surface area contributed by atoms with Gasteiger partial charge in [-0.25, -0.2) is 4.79 Å². The van der Waals surface area contributed by atoms with Crippen LogP contribution in [0.3, 0.4) is 0 Å². The second kappa shape index (κ2) is 24.9. The number of ether oxygens (including phenoxy) is 1. The normalized spacial score (nSPS) is 17.8. The van der Waals surface area contributed by atoms with Gasteiger partial charge in [0, 0.05) is 13.0 Å². The van der Waals surface area contributed by atoms with Gasteiger partial charge in [0.2, 0.25) is 35.4 Å². The van der Waals surface area contributed by atoms with Crippen LogP contribution in [0.5, 0.6) is 5.75 Å². The molecule has 1 aliphatic carbocycles. The number of amides is 6. The van der Waals surface area contributed by atoms with Crippen molar-refractivity contribution in [1.82, 2.24) is 31.9 Å². The molecule has 1 fully saturated rings. The Morgan fingerprint density at radius 3 is 2.00 bits per heavy atom. The third-order valence-electron chi connectivity index (χ3n) is 9.03. The van der Waals surface area contributed by atoms with Crippen LogP contribution in [0, 0.1) is 0 Å². The lowest BCUT2D eigenvalue weighted by Crippen LogP contribution is -2.59. The molecule has 2 rings (SSSR count). The van der Waals surface area contributed by atoms with E-state index in [2.05, 4.69) is 49.5 Å². The van der Waals surface area contributed by atoms with E-state index in [0.29, 0.717) is 18.4 Å². The van der Waals surface area contributed by atoms with Crippen molar-refractivity contribution in [3.05, 3.63) is 29.8 Å². The van der Waals surface area contributed by atoms with Gasteiger partial charge in [-0.3, -0.25) is 38.6 Å². The number of aliphatic imine (C=N–C) groups is 1. The minimum Gasteiger partial charge on any atom is -0.508 e. The summed E-state index contributed by atoms with van der Waals surface area (Å²) in [4.78, 5) is 107. The van der Waals surface area contributed by atoms with Gasteiger partial charge < -0.3 is 69.2 Å². The van der Waals surface area contributed by atoms with Crippen LogP contribution >= 0.6 is 12.6 Å². The van der Waals surface area contributed by atoms with Crippen molar-refractivity contribution in [2.45, 2.75) is 114 Å². The Morgan fingerprint density at radius 2 is 1.41 bits per heavy atom. The molecule has 59 heavy (non-hydrogen) atoms. The number of guanidine groups is 1. The Morgan fingerprint density at radius 1 is 0.831 bits per heavy atom. The van der Waals surface area contributed by atoms with Crippen molar-refractivity contribution in [3.8, 4) is 5.75 Å². The number of hydrogen-bond donors (Lipinski definition) is 13. The van der Waals surface area contributed by atoms with Gasteiger partial charge in [0.15, 0.2) is 5.96 Å². The summed E-state index contributed by atoms with van der Waals surface area (Å²) < 4.78 is 5.62. The first-order valence-corrected chi connectivity index (χ1v) is 19.5. The molecule has 0 saturated heterocycles. The molecule has 1 aliphatic rings. The van der Waals surface area contributed by atoms with Crippen molar-refractivity contribution < 1.29 is 58.4 Å². The maximum Gasteiger partial charge on any atom is 0.328 e. The zero-order chi connectivity index (χ0) is 44.2. The summed E-state index contributed by atoms with van der Waals surface area (Å²) in [6, 6.07) is -3.49. The molecule has 15 N–H and O–H groups in total. The fraction of sp³-hybridized carbons (Fsp3) is 0.583. The van der Waals surface area contributed by atoms with Gasteiger partial charge in [-0.2, -0.15) is 12.6 Å². The molecule has 8 atom stereocenters. The van der Waals surface area contributed by atoms with Crippen LogP contribution < -0.4 is 49.1 Å². The number of thiol groups is 1. The molecule has 6 amide bonds. The fourth-order valence-electron chi connectivity index (χ4n) is 5.81. The van der Waals surface area contributed by atoms with Gasteiger partial charge in [-0.05, 0) is 63.6 Å². The standard InChI is InChI=1S/C36H56N10O12S/c1-18(37)30(51)44-25(15-29(50)58-27-8-4-3-6-22(27)42-28(49)17-59)33(54)41-19(2)31(52)43-23(7-5-13-40-36(38)39)32(53)45-24(14-20-9-11-21(48)12-10-20)34(55)46-26(16-47)35(56)57/h9-12,18-19,22-27,47-48,59H,3-8,13-17,37H2,1-2H3,(H,41,54)(H,42,49)(H,43,52)(H,44,51)(H,45,53)(H,46,55)(H,56,57)(H4,38,39,40)/t18-,19-,22+,23-,24-,25-,26-,27+/m0/s1. The Hall–Kier alpha value is -5.68. The Kier molecular flexibility index (Phi) is 20.9. The lowest BCUT2D eigenvalue weighted by molar-refractivity contribution is -0.154. The van der Waals surface area contributed by atoms with Crippen LogP contribution in [-0.2, 0) is 49.5 Å². The minimum atomic E-state index is -1.71. The smallest absolute Gasteiger partial charge is 0.328 e. The number of phenolic OH excluding ortho intramolecular Hbond substituents is 1. The molecule has 328 valence electrons. The highest BCUT2D eigenvalue weighted by atomic mass is 32.1. The first kappa shape index (κ1) is 49.5. The summed E-state index contributed by atoms with van der Waals surface area (Å²) in [5.41, 5.74) is 16.9. The number of aliphatic hydroxyl groups excluding tert-OH is 1. The molecule has 0 heterocycles. The van der Waals surface area contributed by atoms with Crippen LogP contribution in [0.1, 0.15) is 64.4 Å². The molecule has 0 spiro atoms. The fourth-order valence-corrected chi connectivity index (χ4v) is 5.90. The molecule has 23 heteroatoms. The van der Waals surface area contributed by atoms with Gasteiger partial charge >= 0.3 is 11.9 Å². The van der Waals surface area contributed by atoms with Crippen molar-refractivity contribution in [1.29, 1.82) is 0 Å². The summed E-state index contributed by atoms with van der Waals surface area (Å²) in [5.74, 6) is -7.72. The van der Waals surface area contributed by atoms with Crippen LogP contribution in [0.25, 0.3) is 0 Å². The monoisotopic (exact) mass is 852 g/mol. The number of hydrogen-bond acceptors (Lipinski definition) is 14. The molecule has 0 bridgehead atoms. The molecular formula is C36H56N10O12S. The molecule has 0 unspecified atom stereocenters. The van der Waals surface area contributed by atoms with Crippen LogP contribution in [-0.4, -0.2) is 136 Å². The van der Waals surface area contributed by atoms with Gasteiger partial charge in [-0.1, -0.05) is 18.6 Å². The quantitative estimate of drug-likeness (QED) is 0.0165. The zero-order valence-electron chi connectivity index (χ0n) is 32.8. The number of nitrogens with one attached hydrogen (secondary N) is 6. The van der Waals surface area contributed by atoms with Gasteiger partial charge in [0.25, 0.3) is 0 Å². The highest BCUT2D eigenvalue weighted by Gasteiger charge is 2.34. The second-order valence-corrected chi connectivity index (χ2v) is 14.3. The second-order valence-electron chi connectivity index (χ2n) is 14.0. The van der Waals surface area contributed by atoms with Gasteiger partial charge in [-0.15, -0.1) is 0 Å². The lowest BCUT2D eigenvalue weighted by atomic mass is 9.92. The number of carboxylic acids is 1. The van der Waals surface area contributed by atoms with Crippen molar-refractivity contribution >= 4 is 66.0 Å². The number of carboxylic acid groups (broad SMARTS) is 1. The van der Waals surface area contributed by atoms with Gasteiger partial charge in [0.05, 0.1) is 30.9 Å². The largest absolute Gasteiger partial charge is 0.508 e. The van der Waals surface area contributed by atoms with E-state index in [1.54, 1.807) is 0 Å². The maximum absolute atomic E-state index is 13.8. The Labute approximate surface area is 346 Å². The van der Waals surface area contributed by atoms with E-state index in [4.69, 9.17) is 21.9 Å². The number of phenols is 1. The number of carbonyl (C=O) groups excluding carboxylic acids is 7. The summed E-state index contributed by atoms with van der Waals surface area (Å²) in [7, 11) is 0.